The summed E-state index contributed by atoms with van der Waals surface area (Å²) in [6.07, 6.45) is 2.63. The third-order valence-electron chi connectivity index (χ3n) is 2.84. The van der Waals surface area contributed by atoms with Crippen molar-refractivity contribution in [2.75, 3.05) is 18.3 Å². The second kappa shape index (κ2) is 7.63. The van der Waals surface area contributed by atoms with Crippen LogP contribution in [0.1, 0.15) is 13.8 Å². The average Bonchev–Trinajstić information content (AvgIpc) is 2.40. The van der Waals surface area contributed by atoms with Gasteiger partial charge in [0.15, 0.2) is 6.17 Å². The molecule has 2 nitrogen and oxygen atoms in total. The molecule has 0 aromatic rings. The molecule has 1 aliphatic carbocycles. The van der Waals surface area contributed by atoms with Gasteiger partial charge in [-0.15, -0.1) is 0 Å². The number of halogens is 6. The molecule has 0 heterocycles. The van der Waals surface area contributed by atoms with E-state index in [1.807, 2.05) is 0 Å². The minimum atomic E-state index is -5.70. The Morgan fingerprint density at radius 2 is 1.70 bits per heavy atom. The summed E-state index contributed by atoms with van der Waals surface area (Å²) in [5, 5.41) is 10.0. The Bertz CT molecular complexity index is 486. The number of allylic oxidation sites excluding steroid dienone is 2. The Morgan fingerprint density at radius 1 is 1.22 bits per heavy atom. The van der Waals surface area contributed by atoms with Crippen molar-refractivity contribution < 1.29 is 36.2 Å². The highest BCUT2D eigenvalue weighted by Crippen LogP contribution is 2.50. The van der Waals surface area contributed by atoms with Gasteiger partial charge in [0, 0.05) is 0 Å². The molecule has 2 atom stereocenters. The fourth-order valence-electron chi connectivity index (χ4n) is 1.39. The van der Waals surface area contributed by atoms with Crippen molar-refractivity contribution in [2.24, 2.45) is 0 Å². The summed E-state index contributed by atoms with van der Waals surface area (Å²) in [5.41, 5.74) is -3.27. The maximum absolute atomic E-state index is 13.0. The van der Waals surface area contributed by atoms with Crippen LogP contribution in [0.3, 0.4) is 0 Å². The van der Waals surface area contributed by atoms with E-state index in [9.17, 15) is 36.2 Å². The van der Waals surface area contributed by atoms with Gasteiger partial charge in [-0.25, -0.2) is 8.78 Å². The number of aliphatic carboxylic acids is 1. The SMILES string of the molecule is CC(C)=CC[S+](C)C.O=C([O-])C1(F)C=CC(F)C(F)(F)C1(F)F. The summed E-state index contributed by atoms with van der Waals surface area (Å²) in [6.45, 7) is 4.29. The zero-order chi connectivity index (χ0) is 18.6. The van der Waals surface area contributed by atoms with Crippen LogP contribution in [0.2, 0.25) is 0 Å². The van der Waals surface area contributed by atoms with E-state index in [2.05, 4.69) is 32.4 Å². The van der Waals surface area contributed by atoms with Crippen LogP contribution in [0.15, 0.2) is 23.8 Å². The molecule has 9 heteroatoms. The van der Waals surface area contributed by atoms with Crippen molar-refractivity contribution in [3.05, 3.63) is 23.8 Å². The molecule has 134 valence electrons. The lowest BCUT2D eigenvalue weighted by molar-refractivity contribution is -0.347. The first-order valence-electron chi connectivity index (χ1n) is 6.37. The van der Waals surface area contributed by atoms with Gasteiger partial charge in [0.05, 0.1) is 18.5 Å². The van der Waals surface area contributed by atoms with Crippen LogP contribution in [0.25, 0.3) is 0 Å². The van der Waals surface area contributed by atoms with Crippen LogP contribution in [0.4, 0.5) is 26.3 Å². The number of hydrogen-bond acceptors (Lipinski definition) is 2. The number of rotatable bonds is 3. The average molecular weight is 364 g/mol. The predicted molar refractivity (Wildman–Crippen MR) is 76.3 cm³/mol. The summed E-state index contributed by atoms with van der Waals surface area (Å²) >= 11 is 0. The number of alkyl halides is 6. The van der Waals surface area contributed by atoms with Gasteiger partial charge >= 0.3 is 11.8 Å². The zero-order valence-corrected chi connectivity index (χ0v) is 13.8. The molecule has 2 unspecified atom stereocenters. The lowest BCUT2D eigenvalue weighted by atomic mass is 9.84. The van der Waals surface area contributed by atoms with Gasteiger partial charge in [-0.3, -0.25) is 0 Å². The molecule has 0 bridgehead atoms. The van der Waals surface area contributed by atoms with E-state index in [0.29, 0.717) is 10.9 Å². The quantitative estimate of drug-likeness (QED) is 0.439. The van der Waals surface area contributed by atoms with Crippen LogP contribution in [-0.2, 0) is 15.7 Å². The highest BCUT2D eigenvalue weighted by atomic mass is 32.2. The summed E-state index contributed by atoms with van der Waals surface area (Å²) in [7, 11) is 0.587. The van der Waals surface area contributed by atoms with Crippen molar-refractivity contribution >= 4 is 16.9 Å². The van der Waals surface area contributed by atoms with Crippen LogP contribution in [0, 0.1) is 0 Å². The van der Waals surface area contributed by atoms with Gasteiger partial charge in [-0.1, -0.05) is 5.57 Å². The van der Waals surface area contributed by atoms with Crippen LogP contribution in [0.5, 0.6) is 0 Å². The number of hydrogen-bond donors (Lipinski definition) is 0. The van der Waals surface area contributed by atoms with Crippen molar-refractivity contribution in [3.8, 4) is 0 Å². The topological polar surface area (TPSA) is 40.1 Å². The summed E-state index contributed by atoms with van der Waals surface area (Å²) in [6, 6.07) is 0. The molecular weight excluding hydrogens is 346 g/mol. The predicted octanol–water partition coefficient (Wildman–Crippen LogP) is 2.45. The number of carbonyl (C=O) groups excluding carboxylic acids is 1. The normalized spacial score (nSPS) is 27.9. The largest absolute Gasteiger partial charge is 0.546 e. The molecule has 1 rings (SSSR count). The highest BCUT2D eigenvalue weighted by molar-refractivity contribution is 7.95. The first kappa shape index (κ1) is 21.9. The molecule has 0 saturated heterocycles. The molecule has 0 radical (unpaired) electrons. The zero-order valence-electron chi connectivity index (χ0n) is 13.0. The number of carbonyl (C=O) groups is 1. The van der Waals surface area contributed by atoms with Crippen molar-refractivity contribution in [1.29, 1.82) is 0 Å². The lowest BCUT2D eigenvalue weighted by Gasteiger charge is -2.40. The molecule has 0 aliphatic heterocycles. The fraction of sp³-hybridized carbons (Fsp3) is 0.643. The maximum atomic E-state index is 13.0. The third kappa shape index (κ3) is 4.68. The minimum absolute atomic E-state index is 0.271. The first-order chi connectivity index (χ1) is 10.2. The van der Waals surface area contributed by atoms with Gasteiger partial charge in [0.25, 0.3) is 0 Å². The molecule has 23 heavy (non-hydrogen) atoms. The molecule has 0 aromatic heterocycles. The van der Waals surface area contributed by atoms with E-state index in [0.717, 1.165) is 0 Å². The second-order valence-corrected chi connectivity index (χ2v) is 7.70. The van der Waals surface area contributed by atoms with E-state index >= 15 is 0 Å². The second-order valence-electron chi connectivity index (χ2n) is 5.39. The van der Waals surface area contributed by atoms with Crippen molar-refractivity contribution in [1.82, 2.24) is 0 Å². The molecular formula is C14H18F6O2S. The van der Waals surface area contributed by atoms with Gasteiger partial charge in [-0.05, 0) is 43.0 Å². The van der Waals surface area contributed by atoms with Crippen molar-refractivity contribution in [2.45, 2.75) is 37.5 Å². The van der Waals surface area contributed by atoms with Crippen LogP contribution < -0.4 is 5.11 Å². The van der Waals surface area contributed by atoms with Crippen LogP contribution >= 0.6 is 0 Å². The molecule has 0 fully saturated rings. The Kier molecular flexibility index (Phi) is 7.26. The Hall–Kier alpha value is -1.12. The minimum Gasteiger partial charge on any atom is -0.546 e. The summed E-state index contributed by atoms with van der Waals surface area (Å²) in [4.78, 5) is 10.0. The number of carboxylic acids is 1. The standard InChI is InChI=1S/C7H4F6O2.C7H15S/c8-3-1-2-5(9,4(14)15)7(12,13)6(3,10)11;1-7(2)5-6-8(3)4/h1-3H,(H,14,15);5H,6H2,1-4H3/q;+1/p-1. The highest BCUT2D eigenvalue weighted by Gasteiger charge is 2.74. The summed E-state index contributed by atoms with van der Waals surface area (Å²) in [5.74, 6) is -12.9. The molecule has 0 spiro atoms. The maximum Gasteiger partial charge on any atom is 0.355 e. The van der Waals surface area contributed by atoms with E-state index in [1.165, 1.54) is 11.3 Å². The number of carboxylic acid groups (broad SMARTS) is 1. The third-order valence-corrected chi connectivity index (χ3v) is 3.67. The molecule has 0 saturated carbocycles. The molecule has 0 N–H and O–H groups in total. The molecule has 1 aliphatic rings. The molecule has 0 amide bonds. The Morgan fingerprint density at radius 3 is 2.00 bits per heavy atom. The fourth-order valence-corrected chi connectivity index (χ4v) is 2.05. The van der Waals surface area contributed by atoms with E-state index in [-0.39, 0.29) is 6.08 Å². The summed E-state index contributed by atoms with van der Waals surface area (Å²) < 4.78 is 75.8. The smallest absolute Gasteiger partial charge is 0.355 e. The van der Waals surface area contributed by atoms with Crippen LogP contribution in [-0.4, -0.2) is 47.9 Å². The Labute approximate surface area is 133 Å². The van der Waals surface area contributed by atoms with E-state index < -0.39 is 35.7 Å². The van der Waals surface area contributed by atoms with Gasteiger partial charge in [-0.2, -0.15) is 17.6 Å². The van der Waals surface area contributed by atoms with Gasteiger partial charge < -0.3 is 9.90 Å². The molecule has 0 aromatic carbocycles. The van der Waals surface area contributed by atoms with E-state index in [1.54, 1.807) is 0 Å². The van der Waals surface area contributed by atoms with E-state index in [4.69, 9.17) is 0 Å². The first-order valence-corrected chi connectivity index (χ1v) is 8.58. The van der Waals surface area contributed by atoms with Crippen molar-refractivity contribution in [3.63, 3.8) is 0 Å². The van der Waals surface area contributed by atoms with Gasteiger partial charge in [0.2, 0.25) is 5.67 Å². The van der Waals surface area contributed by atoms with Gasteiger partial charge in [0.1, 0.15) is 5.75 Å². The Balaban J connectivity index is 0.000000515. The monoisotopic (exact) mass is 364 g/mol. The lowest BCUT2D eigenvalue weighted by Crippen LogP contribution is -2.67.